The van der Waals surface area contributed by atoms with E-state index in [1.54, 1.807) is 0 Å². The fourth-order valence-electron chi connectivity index (χ4n) is 3.39. The largest absolute Gasteiger partial charge is 0.480 e. The molecule has 0 heterocycles. The third-order valence-corrected chi connectivity index (χ3v) is 5.00. The summed E-state index contributed by atoms with van der Waals surface area (Å²) in [6, 6.07) is 16.1. The first kappa shape index (κ1) is 18.9. The van der Waals surface area contributed by atoms with Gasteiger partial charge in [-0.25, -0.2) is 9.59 Å². The number of rotatable bonds is 7. The third-order valence-electron chi connectivity index (χ3n) is 5.00. The molecule has 1 aliphatic carbocycles. The van der Waals surface area contributed by atoms with E-state index in [1.165, 1.54) is 14.0 Å². The Bertz CT molecular complexity index is 804. The van der Waals surface area contributed by atoms with Crippen LogP contribution in [0.1, 0.15) is 30.4 Å². The Morgan fingerprint density at radius 2 is 1.63 bits per heavy atom. The first-order valence-electron chi connectivity index (χ1n) is 8.82. The highest BCUT2D eigenvalue weighted by molar-refractivity contribution is 5.84. The highest BCUT2D eigenvalue weighted by atomic mass is 16.5. The molecular formula is C21H23NO5. The van der Waals surface area contributed by atoms with Crippen molar-refractivity contribution in [2.24, 2.45) is 0 Å². The predicted octanol–water partition coefficient (Wildman–Crippen LogP) is 3.40. The van der Waals surface area contributed by atoms with Gasteiger partial charge in [0.2, 0.25) is 0 Å². The van der Waals surface area contributed by atoms with Crippen molar-refractivity contribution >= 4 is 12.1 Å². The molecule has 0 saturated heterocycles. The lowest BCUT2D eigenvalue weighted by molar-refractivity contribution is -0.144. The number of carbonyl (C=O) groups is 2. The number of hydrogen-bond acceptors (Lipinski definition) is 4. The van der Waals surface area contributed by atoms with Gasteiger partial charge in [0, 0.05) is 26.1 Å². The van der Waals surface area contributed by atoms with Gasteiger partial charge < -0.3 is 19.9 Å². The minimum atomic E-state index is -1.45. The van der Waals surface area contributed by atoms with Crippen molar-refractivity contribution in [3.63, 3.8) is 0 Å². The number of amides is 1. The molecule has 6 heteroatoms. The molecule has 0 fully saturated rings. The van der Waals surface area contributed by atoms with Gasteiger partial charge in [0.25, 0.3) is 0 Å². The molecule has 2 aromatic rings. The zero-order valence-corrected chi connectivity index (χ0v) is 15.4. The normalized spacial score (nSPS) is 14.7. The Labute approximate surface area is 158 Å². The van der Waals surface area contributed by atoms with Crippen LogP contribution in [0.3, 0.4) is 0 Å². The maximum absolute atomic E-state index is 12.3. The molecule has 2 N–H and O–H groups in total. The number of methoxy groups -OCH3 is 1. The summed E-state index contributed by atoms with van der Waals surface area (Å²) in [5.74, 6) is -1.20. The van der Waals surface area contributed by atoms with E-state index in [1.807, 2.05) is 36.4 Å². The maximum atomic E-state index is 12.3. The van der Waals surface area contributed by atoms with Crippen molar-refractivity contribution in [1.29, 1.82) is 0 Å². The van der Waals surface area contributed by atoms with Crippen molar-refractivity contribution in [2.45, 2.75) is 24.8 Å². The fraction of sp³-hybridized carbons (Fsp3) is 0.333. The molecule has 0 saturated carbocycles. The van der Waals surface area contributed by atoms with Crippen LogP contribution in [0.5, 0.6) is 0 Å². The summed E-state index contributed by atoms with van der Waals surface area (Å²) in [4.78, 5) is 23.8. The topological polar surface area (TPSA) is 84.9 Å². The number of carboxylic acid groups (broad SMARTS) is 1. The second-order valence-corrected chi connectivity index (χ2v) is 6.83. The average Bonchev–Trinajstić information content (AvgIpc) is 2.98. The SMILES string of the molecule is COCCC(C)(NC(=O)OCC1c2ccccc2-c2ccccc21)C(=O)O. The summed E-state index contributed by atoms with van der Waals surface area (Å²) in [6.45, 7) is 1.79. The van der Waals surface area contributed by atoms with E-state index in [0.717, 1.165) is 22.3 Å². The zero-order valence-electron chi connectivity index (χ0n) is 15.4. The van der Waals surface area contributed by atoms with Gasteiger partial charge in [-0.2, -0.15) is 0 Å². The Morgan fingerprint density at radius 3 is 2.15 bits per heavy atom. The number of aliphatic carboxylic acids is 1. The first-order chi connectivity index (χ1) is 13.0. The molecule has 0 bridgehead atoms. The molecule has 1 aliphatic rings. The van der Waals surface area contributed by atoms with Gasteiger partial charge >= 0.3 is 12.1 Å². The summed E-state index contributed by atoms with van der Waals surface area (Å²) < 4.78 is 10.3. The molecule has 2 aromatic carbocycles. The van der Waals surface area contributed by atoms with Crippen LogP contribution in [-0.2, 0) is 14.3 Å². The van der Waals surface area contributed by atoms with E-state index in [9.17, 15) is 14.7 Å². The Morgan fingerprint density at radius 1 is 1.07 bits per heavy atom. The van der Waals surface area contributed by atoms with Crippen molar-refractivity contribution in [3.05, 3.63) is 59.7 Å². The lowest BCUT2D eigenvalue weighted by Crippen LogP contribution is -2.53. The van der Waals surface area contributed by atoms with Crippen molar-refractivity contribution in [3.8, 4) is 11.1 Å². The van der Waals surface area contributed by atoms with Gasteiger partial charge in [0.15, 0.2) is 0 Å². The lowest BCUT2D eigenvalue weighted by atomic mass is 9.98. The fourth-order valence-corrected chi connectivity index (χ4v) is 3.39. The van der Waals surface area contributed by atoms with E-state index in [0.29, 0.717) is 0 Å². The number of nitrogens with one attached hydrogen (secondary N) is 1. The molecule has 27 heavy (non-hydrogen) atoms. The number of alkyl carbamates (subject to hydrolysis) is 1. The molecule has 0 aromatic heterocycles. The Kier molecular flexibility index (Phi) is 5.46. The van der Waals surface area contributed by atoms with E-state index in [4.69, 9.17) is 9.47 Å². The second kappa shape index (κ2) is 7.80. The smallest absolute Gasteiger partial charge is 0.408 e. The van der Waals surface area contributed by atoms with Crippen LogP contribution < -0.4 is 5.32 Å². The minimum absolute atomic E-state index is 0.0711. The Hall–Kier alpha value is -2.86. The van der Waals surface area contributed by atoms with Gasteiger partial charge in [-0.15, -0.1) is 0 Å². The van der Waals surface area contributed by atoms with Crippen molar-refractivity contribution in [2.75, 3.05) is 20.3 Å². The highest BCUT2D eigenvalue weighted by Gasteiger charge is 2.36. The molecule has 1 unspecified atom stereocenters. The quantitative estimate of drug-likeness (QED) is 0.781. The predicted molar refractivity (Wildman–Crippen MR) is 101 cm³/mol. The number of hydrogen-bond donors (Lipinski definition) is 2. The molecule has 6 nitrogen and oxygen atoms in total. The van der Waals surface area contributed by atoms with Crippen molar-refractivity contribution < 1.29 is 24.2 Å². The van der Waals surface area contributed by atoms with Gasteiger partial charge in [-0.05, 0) is 29.2 Å². The highest BCUT2D eigenvalue weighted by Crippen LogP contribution is 2.44. The summed E-state index contributed by atoms with van der Waals surface area (Å²) in [6.07, 6.45) is -0.610. The molecule has 0 spiro atoms. The lowest BCUT2D eigenvalue weighted by Gasteiger charge is -2.26. The number of carboxylic acids is 1. The van der Waals surface area contributed by atoms with Crippen LogP contribution in [0.2, 0.25) is 0 Å². The summed E-state index contributed by atoms with van der Waals surface area (Å²) in [5.41, 5.74) is 3.03. The van der Waals surface area contributed by atoms with Crippen LogP contribution in [0.15, 0.2) is 48.5 Å². The summed E-state index contributed by atoms with van der Waals surface area (Å²) in [5, 5.41) is 11.9. The maximum Gasteiger partial charge on any atom is 0.408 e. The minimum Gasteiger partial charge on any atom is -0.480 e. The standard InChI is InChI=1S/C21H23NO5/c1-21(19(23)24,11-12-26-2)22-20(25)27-13-18-16-9-5-3-7-14(16)15-8-4-6-10-17(15)18/h3-10,18H,11-13H2,1-2H3,(H,22,25)(H,23,24). The second-order valence-electron chi connectivity index (χ2n) is 6.83. The number of fused-ring (bicyclic) bond motifs is 3. The van der Waals surface area contributed by atoms with Gasteiger partial charge in [-0.1, -0.05) is 48.5 Å². The van der Waals surface area contributed by atoms with E-state index in [-0.39, 0.29) is 25.6 Å². The summed E-state index contributed by atoms with van der Waals surface area (Å²) in [7, 11) is 1.48. The van der Waals surface area contributed by atoms with Gasteiger partial charge in [-0.3, -0.25) is 0 Å². The van der Waals surface area contributed by atoms with E-state index >= 15 is 0 Å². The van der Waals surface area contributed by atoms with E-state index < -0.39 is 17.6 Å². The molecule has 1 atom stereocenters. The van der Waals surface area contributed by atoms with Crippen LogP contribution in [0, 0.1) is 0 Å². The first-order valence-corrected chi connectivity index (χ1v) is 8.82. The molecule has 142 valence electrons. The van der Waals surface area contributed by atoms with E-state index in [2.05, 4.69) is 17.4 Å². The number of benzene rings is 2. The molecule has 0 radical (unpaired) electrons. The number of ether oxygens (including phenoxy) is 2. The summed E-state index contributed by atoms with van der Waals surface area (Å²) >= 11 is 0. The van der Waals surface area contributed by atoms with Gasteiger partial charge in [0.1, 0.15) is 12.1 Å². The average molecular weight is 369 g/mol. The monoisotopic (exact) mass is 369 g/mol. The van der Waals surface area contributed by atoms with Crippen LogP contribution in [-0.4, -0.2) is 43.0 Å². The van der Waals surface area contributed by atoms with Gasteiger partial charge in [0.05, 0.1) is 0 Å². The molecule has 1 amide bonds. The molecule has 0 aliphatic heterocycles. The molecule has 3 rings (SSSR count). The van der Waals surface area contributed by atoms with Crippen LogP contribution in [0.25, 0.3) is 11.1 Å². The third kappa shape index (κ3) is 3.80. The van der Waals surface area contributed by atoms with Crippen molar-refractivity contribution in [1.82, 2.24) is 5.32 Å². The number of carbonyl (C=O) groups excluding carboxylic acids is 1. The van der Waals surface area contributed by atoms with Crippen LogP contribution in [0.4, 0.5) is 4.79 Å². The zero-order chi connectivity index (χ0) is 19.4. The van der Waals surface area contributed by atoms with Crippen LogP contribution >= 0.6 is 0 Å². The molecular weight excluding hydrogens is 346 g/mol. The Balaban J connectivity index is 1.71.